The van der Waals surface area contributed by atoms with Gasteiger partial charge in [-0.1, -0.05) is 42.5 Å². The highest BCUT2D eigenvalue weighted by atomic mass is 32.2. The molecule has 5 rings (SSSR count). The van der Waals surface area contributed by atoms with Crippen molar-refractivity contribution in [2.75, 3.05) is 12.8 Å². The zero-order valence-corrected chi connectivity index (χ0v) is 23.9. The van der Waals surface area contributed by atoms with Crippen molar-refractivity contribution in [3.63, 3.8) is 0 Å². The summed E-state index contributed by atoms with van der Waals surface area (Å²) in [6.07, 6.45) is 0. The smallest absolute Gasteiger partial charge is 0.425 e. The number of hydrogen-bond donors (Lipinski definition) is 3. The minimum absolute atomic E-state index is 0.279. The average Bonchev–Trinajstić information content (AvgIpc) is 2.98. The Morgan fingerprint density at radius 2 is 1.37 bits per heavy atom. The number of anilines is 1. The number of nitrogens with zero attached hydrogens (tertiary/aromatic N) is 4. The van der Waals surface area contributed by atoms with Crippen molar-refractivity contribution in [1.29, 1.82) is 0 Å². The minimum atomic E-state index is -4.40. The van der Waals surface area contributed by atoms with Gasteiger partial charge in [-0.15, -0.1) is 28.0 Å². The maximum absolute atomic E-state index is 11.6. The van der Waals surface area contributed by atoms with E-state index in [1.165, 1.54) is 25.3 Å². The van der Waals surface area contributed by atoms with E-state index in [2.05, 4.69) is 20.5 Å². The van der Waals surface area contributed by atoms with Crippen LogP contribution in [0.3, 0.4) is 0 Å². The molecule has 0 spiro atoms. The quantitative estimate of drug-likeness (QED) is 0.108. The third-order valence-corrected chi connectivity index (χ3v) is 6.99. The Balaban J connectivity index is 0.000000996. The summed E-state index contributed by atoms with van der Waals surface area (Å²) in [4.78, 5) is -0.279. The van der Waals surface area contributed by atoms with Gasteiger partial charge in [-0.25, -0.2) is 0 Å². The first-order chi connectivity index (χ1) is 20.5. The summed E-state index contributed by atoms with van der Waals surface area (Å²) in [5.41, 5.74) is 8.66. The van der Waals surface area contributed by atoms with Gasteiger partial charge in [-0.05, 0) is 41.8 Å². The van der Waals surface area contributed by atoms with Gasteiger partial charge in [0.2, 0.25) is 0 Å². The van der Waals surface area contributed by atoms with Crippen LogP contribution in [-0.2, 0) is 27.3 Å². The van der Waals surface area contributed by atoms with E-state index in [0.717, 1.165) is 10.8 Å². The Kier molecular flexibility index (Phi) is 9.52. The number of fused-ring (bicyclic) bond motifs is 2. The third kappa shape index (κ3) is 7.41. The van der Waals surface area contributed by atoms with Crippen LogP contribution < -0.4 is 10.5 Å². The predicted molar refractivity (Wildman–Crippen MR) is 159 cm³/mol. The summed E-state index contributed by atoms with van der Waals surface area (Å²) in [5.74, 6) is 0.358. The summed E-state index contributed by atoms with van der Waals surface area (Å²) in [6, 6.07) is 24.1. The van der Waals surface area contributed by atoms with Gasteiger partial charge in [0, 0.05) is 33.5 Å². The second-order valence-corrected chi connectivity index (χ2v) is 10.6. The van der Waals surface area contributed by atoms with E-state index in [1.807, 2.05) is 42.5 Å². The number of benzene rings is 5. The fraction of sp³-hybridized carbons (Fsp3) is 0.0714. The standard InChI is InChI=1S/C28H23N5O5S.O3S/c1-38-28-15-26(32-30-24-8-4-6-17-5-2-3-7-20(17)24)18(16-34)13-27(28)33-31-25-12-11-23(29)22-14-19(39(35,36)37)9-10-21(22)25;1-4(2)3/h2-15,34H,16,29H2,1H3,(H,35,36,37);. The molecule has 0 aliphatic heterocycles. The van der Waals surface area contributed by atoms with Gasteiger partial charge in [0.1, 0.15) is 11.4 Å². The molecule has 0 saturated heterocycles. The van der Waals surface area contributed by atoms with Gasteiger partial charge in [-0.2, -0.15) is 13.5 Å². The Hall–Kier alpha value is -5.09. The molecule has 5 aromatic rings. The van der Waals surface area contributed by atoms with E-state index in [4.69, 9.17) is 23.1 Å². The van der Waals surface area contributed by atoms with E-state index in [0.29, 0.717) is 50.5 Å². The van der Waals surface area contributed by atoms with Gasteiger partial charge in [0.15, 0.2) is 0 Å². The maximum Gasteiger partial charge on any atom is 0.425 e. The Morgan fingerprint density at radius 1 is 0.744 bits per heavy atom. The average molecular weight is 622 g/mol. The third-order valence-electron chi connectivity index (χ3n) is 6.14. The lowest BCUT2D eigenvalue weighted by atomic mass is 10.1. The molecule has 43 heavy (non-hydrogen) atoms. The summed E-state index contributed by atoms with van der Waals surface area (Å²) in [6.45, 7) is -0.320. The zero-order valence-electron chi connectivity index (χ0n) is 22.3. The van der Waals surface area contributed by atoms with Crippen molar-refractivity contribution in [1.82, 2.24) is 0 Å². The molecule has 0 atom stereocenters. The van der Waals surface area contributed by atoms with E-state index in [9.17, 15) is 18.1 Å². The van der Waals surface area contributed by atoms with Gasteiger partial charge in [0.05, 0.1) is 35.7 Å². The van der Waals surface area contributed by atoms with E-state index >= 15 is 0 Å². The number of hydrogen-bond acceptors (Lipinski definition) is 12. The summed E-state index contributed by atoms with van der Waals surface area (Å²) in [7, 11) is -6.03. The van der Waals surface area contributed by atoms with Crippen LogP contribution in [0.5, 0.6) is 5.75 Å². The molecule has 0 aliphatic carbocycles. The fourth-order valence-electron chi connectivity index (χ4n) is 4.15. The SMILES string of the molecule is COc1cc(N=Nc2cccc3ccccc23)c(CO)cc1N=Nc1ccc(N)c2cc(S(=O)(=O)O)ccc12.O=S(=O)=O. The molecule has 0 heterocycles. The molecule has 0 saturated carbocycles. The van der Waals surface area contributed by atoms with Crippen molar-refractivity contribution in [3.05, 3.63) is 90.5 Å². The molecule has 13 nitrogen and oxygen atoms in total. The van der Waals surface area contributed by atoms with Gasteiger partial charge in [0.25, 0.3) is 10.1 Å². The van der Waals surface area contributed by atoms with E-state index < -0.39 is 20.7 Å². The summed E-state index contributed by atoms with van der Waals surface area (Å²) >= 11 is 0. The molecule has 0 fully saturated rings. The van der Waals surface area contributed by atoms with Crippen molar-refractivity contribution in [3.8, 4) is 5.75 Å². The van der Waals surface area contributed by atoms with Crippen LogP contribution in [0.2, 0.25) is 0 Å². The summed E-state index contributed by atoms with van der Waals surface area (Å²) < 4.78 is 63.3. The molecular weight excluding hydrogens is 598 g/mol. The number of rotatable bonds is 7. The van der Waals surface area contributed by atoms with Crippen LogP contribution >= 0.6 is 0 Å². The van der Waals surface area contributed by atoms with Crippen molar-refractivity contribution < 1.29 is 35.4 Å². The highest BCUT2D eigenvalue weighted by molar-refractivity contribution is 7.85. The molecule has 220 valence electrons. The Morgan fingerprint density at radius 3 is 2.05 bits per heavy atom. The van der Waals surface area contributed by atoms with Crippen LogP contribution in [0.4, 0.5) is 28.4 Å². The lowest BCUT2D eigenvalue weighted by Gasteiger charge is -2.09. The zero-order chi connectivity index (χ0) is 31.1. The fourth-order valence-corrected chi connectivity index (χ4v) is 4.66. The number of azo groups is 2. The minimum Gasteiger partial charge on any atom is -0.494 e. The lowest BCUT2D eigenvalue weighted by Crippen LogP contribution is -1.98. The van der Waals surface area contributed by atoms with E-state index in [-0.39, 0.29) is 11.5 Å². The second-order valence-electron chi connectivity index (χ2n) is 8.77. The number of methoxy groups -OCH3 is 1. The first kappa shape index (κ1) is 30.9. The van der Waals surface area contributed by atoms with Gasteiger partial charge in [-0.3, -0.25) is 4.55 Å². The molecule has 0 aromatic heterocycles. The molecule has 0 aliphatic rings. The van der Waals surface area contributed by atoms with Crippen molar-refractivity contribution in [2.45, 2.75) is 11.5 Å². The predicted octanol–water partition coefficient (Wildman–Crippen LogP) is 6.15. The molecule has 5 aromatic carbocycles. The van der Waals surface area contributed by atoms with Crippen LogP contribution in [-0.4, -0.2) is 37.8 Å². The van der Waals surface area contributed by atoms with Crippen molar-refractivity contribution in [2.24, 2.45) is 20.5 Å². The molecule has 0 amide bonds. The van der Waals surface area contributed by atoms with Gasteiger partial charge < -0.3 is 15.6 Å². The number of aliphatic hydroxyl groups excluding tert-OH is 1. The molecule has 4 N–H and O–H groups in total. The molecule has 0 radical (unpaired) electrons. The molecule has 0 bridgehead atoms. The number of ether oxygens (including phenoxy) is 1. The van der Waals surface area contributed by atoms with Crippen LogP contribution in [0.25, 0.3) is 21.5 Å². The van der Waals surface area contributed by atoms with Crippen LogP contribution in [0.1, 0.15) is 5.56 Å². The van der Waals surface area contributed by atoms with Crippen molar-refractivity contribution >= 4 is 70.7 Å². The maximum atomic E-state index is 11.6. The second kappa shape index (κ2) is 13.3. The molecule has 0 unspecified atom stereocenters. The van der Waals surface area contributed by atoms with Crippen LogP contribution in [0, 0.1) is 0 Å². The normalized spacial score (nSPS) is 11.6. The number of nitrogen functional groups attached to an aromatic ring is 1. The Labute approximate surface area is 246 Å². The topological polar surface area (TPSA) is 210 Å². The molecular formula is C28H23N5O8S2. The highest BCUT2D eigenvalue weighted by Gasteiger charge is 2.14. The van der Waals surface area contributed by atoms with Crippen LogP contribution in [0.15, 0.2) is 110 Å². The Bertz CT molecular complexity index is 2110. The number of aliphatic hydroxyl groups is 1. The lowest BCUT2D eigenvalue weighted by molar-refractivity contribution is 0.282. The van der Waals surface area contributed by atoms with E-state index in [1.54, 1.807) is 24.3 Å². The molecule has 15 heteroatoms. The first-order valence-electron chi connectivity index (χ1n) is 12.2. The largest absolute Gasteiger partial charge is 0.494 e. The highest BCUT2D eigenvalue weighted by Crippen LogP contribution is 2.39. The first-order valence-corrected chi connectivity index (χ1v) is 14.7. The summed E-state index contributed by atoms with van der Waals surface area (Å²) in [5, 5.41) is 30.4. The monoisotopic (exact) mass is 621 g/mol. The number of nitrogens with two attached hydrogens (primary N) is 1. The van der Waals surface area contributed by atoms with Gasteiger partial charge >= 0.3 is 10.6 Å².